The molecule has 100 valence electrons. The van der Waals surface area contributed by atoms with Crippen molar-refractivity contribution in [1.82, 2.24) is 14.6 Å². The van der Waals surface area contributed by atoms with E-state index in [1.165, 1.54) is 7.11 Å². The molecule has 0 aliphatic rings. The van der Waals surface area contributed by atoms with Crippen molar-refractivity contribution < 1.29 is 9.53 Å². The van der Waals surface area contributed by atoms with Crippen molar-refractivity contribution in [2.45, 2.75) is 0 Å². The summed E-state index contributed by atoms with van der Waals surface area (Å²) in [6.07, 6.45) is 1.69. The summed E-state index contributed by atoms with van der Waals surface area (Å²) in [5, 5.41) is 8.33. The molecule has 0 N–H and O–H groups in total. The zero-order valence-electron chi connectivity index (χ0n) is 10.6. The van der Waals surface area contributed by atoms with Gasteiger partial charge < -0.3 is 4.74 Å². The number of carbonyl (C=O) groups is 1. The van der Waals surface area contributed by atoms with Crippen LogP contribution in [0.25, 0.3) is 17.0 Å². The number of hydrogen-bond donors (Lipinski definition) is 0. The van der Waals surface area contributed by atoms with E-state index < -0.39 is 0 Å². The number of ether oxygens (including phenoxy) is 1. The summed E-state index contributed by atoms with van der Waals surface area (Å²) in [6, 6.07) is 11.3. The van der Waals surface area contributed by atoms with Crippen LogP contribution < -0.4 is 0 Å². The molecule has 6 heteroatoms. The molecule has 3 aromatic rings. The van der Waals surface area contributed by atoms with E-state index in [1.807, 2.05) is 24.3 Å². The molecular formula is C14H10IN3O2. The number of fused-ring (bicyclic) bond motifs is 1. The fraction of sp³-hybridized carbons (Fsp3) is 0.0714. The van der Waals surface area contributed by atoms with Gasteiger partial charge in [-0.25, -0.2) is 4.79 Å². The predicted molar refractivity (Wildman–Crippen MR) is 82.5 cm³/mol. The second-order valence-corrected chi connectivity index (χ2v) is 5.30. The number of aromatic nitrogens is 3. The summed E-state index contributed by atoms with van der Waals surface area (Å²) in [6.45, 7) is 0. The van der Waals surface area contributed by atoms with E-state index in [0.717, 1.165) is 9.13 Å². The maximum Gasteiger partial charge on any atom is 0.339 e. The monoisotopic (exact) mass is 379 g/mol. The van der Waals surface area contributed by atoms with Crippen LogP contribution in [0.4, 0.5) is 0 Å². The lowest BCUT2D eigenvalue weighted by Crippen LogP contribution is -2.03. The van der Waals surface area contributed by atoms with Gasteiger partial charge in [-0.15, -0.1) is 10.2 Å². The highest BCUT2D eigenvalue weighted by Crippen LogP contribution is 2.24. The Bertz CT molecular complexity index is 798. The van der Waals surface area contributed by atoms with Gasteiger partial charge in [-0.3, -0.25) is 4.40 Å². The molecule has 2 heterocycles. The van der Waals surface area contributed by atoms with Gasteiger partial charge in [0.2, 0.25) is 0 Å². The van der Waals surface area contributed by atoms with Crippen molar-refractivity contribution in [2.75, 3.05) is 7.11 Å². The van der Waals surface area contributed by atoms with E-state index >= 15 is 0 Å². The summed E-state index contributed by atoms with van der Waals surface area (Å²) in [5.74, 6) is 0.324. The van der Waals surface area contributed by atoms with Gasteiger partial charge in [0.1, 0.15) is 0 Å². The first-order valence-electron chi connectivity index (χ1n) is 5.88. The van der Waals surface area contributed by atoms with Gasteiger partial charge >= 0.3 is 5.97 Å². The molecule has 2 aromatic heterocycles. The molecule has 1 aromatic carbocycles. The molecule has 0 aliphatic carbocycles. The van der Waals surface area contributed by atoms with Crippen LogP contribution in [0.3, 0.4) is 0 Å². The normalized spacial score (nSPS) is 10.7. The summed E-state index contributed by atoms with van der Waals surface area (Å²) in [4.78, 5) is 11.6. The quantitative estimate of drug-likeness (QED) is 0.508. The third kappa shape index (κ3) is 2.15. The first-order chi connectivity index (χ1) is 9.70. The van der Waals surface area contributed by atoms with Crippen LogP contribution in [0.5, 0.6) is 0 Å². The number of benzene rings is 1. The maximum atomic E-state index is 11.6. The number of halogens is 1. The Morgan fingerprint density at radius 2 is 2.00 bits per heavy atom. The topological polar surface area (TPSA) is 56.5 Å². The molecule has 0 spiro atoms. The lowest BCUT2D eigenvalue weighted by atomic mass is 10.2. The summed E-state index contributed by atoms with van der Waals surface area (Å²) < 4.78 is 7.60. The van der Waals surface area contributed by atoms with Gasteiger partial charge in [0, 0.05) is 15.3 Å². The van der Waals surface area contributed by atoms with Crippen LogP contribution >= 0.6 is 22.6 Å². The highest BCUT2D eigenvalue weighted by atomic mass is 127. The third-order valence-electron chi connectivity index (χ3n) is 2.94. The van der Waals surface area contributed by atoms with Crippen molar-refractivity contribution in [3.05, 3.63) is 51.7 Å². The average molecular weight is 379 g/mol. The van der Waals surface area contributed by atoms with Crippen LogP contribution in [0.1, 0.15) is 10.4 Å². The Morgan fingerprint density at radius 3 is 2.75 bits per heavy atom. The minimum absolute atomic E-state index is 0.380. The number of hydrogen-bond acceptors (Lipinski definition) is 4. The van der Waals surface area contributed by atoms with Gasteiger partial charge in [0.15, 0.2) is 11.5 Å². The molecule has 0 radical (unpaired) electrons. The fourth-order valence-electron chi connectivity index (χ4n) is 1.96. The third-order valence-corrected chi connectivity index (χ3v) is 3.88. The number of methoxy groups -OCH3 is 1. The van der Waals surface area contributed by atoms with Crippen LogP contribution in [0.15, 0.2) is 42.6 Å². The highest BCUT2D eigenvalue weighted by Gasteiger charge is 2.13. The Labute approximate surface area is 128 Å². The van der Waals surface area contributed by atoms with Crippen molar-refractivity contribution in [2.24, 2.45) is 0 Å². The molecule has 20 heavy (non-hydrogen) atoms. The summed E-state index contributed by atoms with van der Waals surface area (Å²) in [5.41, 5.74) is 2.13. The number of rotatable bonds is 2. The molecule has 0 aliphatic heterocycles. The zero-order chi connectivity index (χ0) is 14.1. The Balaban J connectivity index is 2.22. The Morgan fingerprint density at radius 1 is 1.20 bits per heavy atom. The first-order valence-corrected chi connectivity index (χ1v) is 6.96. The van der Waals surface area contributed by atoms with Crippen LogP contribution in [-0.2, 0) is 4.74 Å². The smallest absolute Gasteiger partial charge is 0.339 e. The number of esters is 1. The number of nitrogens with zero attached hydrogens (tertiary/aromatic N) is 3. The molecule has 0 saturated carbocycles. The van der Waals surface area contributed by atoms with Gasteiger partial charge in [-0.2, -0.15) is 0 Å². The minimum Gasteiger partial charge on any atom is -0.465 e. The standard InChI is InChI=1S/C14H10IN3O2/c1-20-14(19)9-6-7-12-16-17-13(18(12)8-9)10-4-2-3-5-11(10)15/h2-8H,1H3. The predicted octanol–water partition coefficient (Wildman–Crippen LogP) is 2.79. The van der Waals surface area contributed by atoms with Gasteiger partial charge in [-0.1, -0.05) is 18.2 Å². The maximum absolute atomic E-state index is 11.6. The molecule has 0 fully saturated rings. The summed E-state index contributed by atoms with van der Waals surface area (Å²) >= 11 is 2.25. The van der Waals surface area contributed by atoms with Crippen LogP contribution in [0.2, 0.25) is 0 Å². The largest absolute Gasteiger partial charge is 0.465 e. The molecule has 0 atom stereocenters. The zero-order valence-corrected chi connectivity index (χ0v) is 12.7. The van der Waals surface area contributed by atoms with Gasteiger partial charge in [0.05, 0.1) is 12.7 Å². The van der Waals surface area contributed by atoms with Crippen molar-refractivity contribution in [3.63, 3.8) is 0 Å². The van der Waals surface area contributed by atoms with Crippen molar-refractivity contribution in [3.8, 4) is 11.4 Å². The van der Waals surface area contributed by atoms with E-state index in [4.69, 9.17) is 4.74 Å². The van der Waals surface area contributed by atoms with E-state index in [0.29, 0.717) is 17.0 Å². The minimum atomic E-state index is -0.380. The first kappa shape index (κ1) is 13.0. The Kier molecular flexibility index (Phi) is 3.39. The number of pyridine rings is 1. The lowest BCUT2D eigenvalue weighted by Gasteiger charge is -2.04. The van der Waals surface area contributed by atoms with Gasteiger partial charge in [0.25, 0.3) is 0 Å². The molecule has 3 rings (SSSR count). The summed E-state index contributed by atoms with van der Waals surface area (Å²) in [7, 11) is 1.36. The second-order valence-electron chi connectivity index (χ2n) is 4.14. The highest BCUT2D eigenvalue weighted by molar-refractivity contribution is 14.1. The molecule has 0 unspecified atom stereocenters. The molecule has 0 amide bonds. The molecular weight excluding hydrogens is 369 g/mol. The molecule has 0 saturated heterocycles. The number of carbonyl (C=O) groups excluding carboxylic acids is 1. The van der Waals surface area contributed by atoms with Crippen LogP contribution in [-0.4, -0.2) is 27.7 Å². The van der Waals surface area contributed by atoms with E-state index in [1.54, 1.807) is 22.7 Å². The second kappa shape index (κ2) is 5.20. The van der Waals surface area contributed by atoms with Crippen LogP contribution in [0, 0.1) is 3.57 Å². The van der Waals surface area contributed by atoms with E-state index in [-0.39, 0.29) is 5.97 Å². The molecule has 0 bridgehead atoms. The van der Waals surface area contributed by atoms with E-state index in [9.17, 15) is 4.79 Å². The van der Waals surface area contributed by atoms with E-state index in [2.05, 4.69) is 32.8 Å². The van der Waals surface area contributed by atoms with Crippen molar-refractivity contribution in [1.29, 1.82) is 0 Å². The average Bonchev–Trinajstić information content (AvgIpc) is 2.90. The van der Waals surface area contributed by atoms with Crippen molar-refractivity contribution >= 4 is 34.2 Å². The van der Waals surface area contributed by atoms with Gasteiger partial charge in [-0.05, 0) is 40.8 Å². The fourth-order valence-corrected chi connectivity index (χ4v) is 2.58. The molecule has 5 nitrogen and oxygen atoms in total. The lowest BCUT2D eigenvalue weighted by molar-refractivity contribution is 0.0600. The Hall–Kier alpha value is -1.96. The SMILES string of the molecule is COC(=O)c1ccc2nnc(-c3ccccc3I)n2c1.